The Morgan fingerprint density at radius 2 is 2.04 bits per heavy atom. The van der Waals surface area contributed by atoms with Gasteiger partial charge in [-0.3, -0.25) is 9.88 Å². The highest BCUT2D eigenvalue weighted by Gasteiger charge is 2.41. The predicted molar refractivity (Wildman–Crippen MR) is 101 cm³/mol. The van der Waals surface area contributed by atoms with Gasteiger partial charge in [0.05, 0.1) is 18.1 Å². The van der Waals surface area contributed by atoms with E-state index in [9.17, 15) is 8.42 Å². The van der Waals surface area contributed by atoms with E-state index in [4.69, 9.17) is 4.74 Å². The molecule has 0 N–H and O–H groups in total. The van der Waals surface area contributed by atoms with Crippen LogP contribution in [0.25, 0.3) is 0 Å². The largest absolute Gasteiger partial charge is 0.472 e. The molecule has 1 saturated carbocycles. The van der Waals surface area contributed by atoms with Gasteiger partial charge in [-0.2, -0.15) is 4.31 Å². The molecule has 3 fully saturated rings. The SMILES string of the molecule is O=S(=O)(c1cccs1)N1CCN2C[C@@H](Oc3cnc(C4CC4)cn3)C[C@H]2C1. The zero-order valence-electron chi connectivity index (χ0n) is 14.9. The predicted octanol–water partition coefficient (Wildman–Crippen LogP) is 1.94. The molecule has 5 rings (SSSR count). The van der Waals surface area contributed by atoms with E-state index in [1.807, 2.05) is 6.20 Å². The number of ether oxygens (including phenoxy) is 1. The number of hydrogen-bond donors (Lipinski definition) is 0. The maximum Gasteiger partial charge on any atom is 0.252 e. The average Bonchev–Trinajstić information content (AvgIpc) is 3.20. The Labute approximate surface area is 163 Å². The van der Waals surface area contributed by atoms with Crippen molar-refractivity contribution in [3.8, 4) is 5.88 Å². The molecule has 144 valence electrons. The summed E-state index contributed by atoms with van der Waals surface area (Å²) in [5.74, 6) is 1.15. The molecule has 2 saturated heterocycles. The summed E-state index contributed by atoms with van der Waals surface area (Å²) >= 11 is 1.28. The summed E-state index contributed by atoms with van der Waals surface area (Å²) in [5, 5.41) is 1.80. The molecule has 27 heavy (non-hydrogen) atoms. The lowest BCUT2D eigenvalue weighted by Gasteiger charge is -2.35. The van der Waals surface area contributed by atoms with Gasteiger partial charge < -0.3 is 4.74 Å². The van der Waals surface area contributed by atoms with Crippen molar-refractivity contribution in [3.63, 3.8) is 0 Å². The average molecular weight is 407 g/mol. The van der Waals surface area contributed by atoms with Crippen LogP contribution in [0, 0.1) is 0 Å². The standard InChI is InChI=1S/C18H22N4O3S2/c23-27(24,18-2-1-7-26-18)22-6-5-21-12-15(8-14(21)11-22)25-17-10-19-16(9-20-17)13-3-4-13/h1-2,7,9-10,13-15H,3-6,8,11-12H2/t14-,15-/m0/s1. The molecular weight excluding hydrogens is 384 g/mol. The number of rotatable bonds is 5. The summed E-state index contributed by atoms with van der Waals surface area (Å²) in [6, 6.07) is 3.65. The lowest BCUT2D eigenvalue weighted by molar-refractivity contribution is 0.151. The van der Waals surface area contributed by atoms with E-state index in [0.29, 0.717) is 29.1 Å². The zero-order valence-corrected chi connectivity index (χ0v) is 16.5. The van der Waals surface area contributed by atoms with Crippen molar-refractivity contribution in [2.75, 3.05) is 26.2 Å². The molecule has 0 unspecified atom stereocenters. The van der Waals surface area contributed by atoms with Crippen molar-refractivity contribution in [2.24, 2.45) is 0 Å². The van der Waals surface area contributed by atoms with Crippen LogP contribution in [0.3, 0.4) is 0 Å². The second-order valence-electron chi connectivity index (χ2n) is 7.47. The van der Waals surface area contributed by atoms with Gasteiger partial charge in [-0.1, -0.05) is 6.07 Å². The lowest BCUT2D eigenvalue weighted by Crippen LogP contribution is -2.51. The first-order chi connectivity index (χ1) is 13.1. The van der Waals surface area contributed by atoms with Crippen molar-refractivity contribution in [2.45, 2.75) is 41.5 Å². The first-order valence-corrected chi connectivity index (χ1v) is 11.7. The van der Waals surface area contributed by atoms with Crippen LogP contribution in [0.4, 0.5) is 0 Å². The lowest BCUT2D eigenvalue weighted by atomic mass is 10.2. The molecule has 4 heterocycles. The molecule has 9 heteroatoms. The minimum Gasteiger partial charge on any atom is -0.472 e. The van der Waals surface area contributed by atoms with E-state index < -0.39 is 10.0 Å². The Kier molecular flexibility index (Phi) is 4.42. The molecule has 1 aliphatic carbocycles. The molecule has 3 aliphatic rings. The highest BCUT2D eigenvalue weighted by molar-refractivity contribution is 7.91. The maximum absolute atomic E-state index is 12.8. The van der Waals surface area contributed by atoms with E-state index in [0.717, 1.165) is 25.2 Å². The molecule has 2 atom stereocenters. The second-order valence-corrected chi connectivity index (χ2v) is 10.6. The molecule has 2 aliphatic heterocycles. The molecule has 0 radical (unpaired) electrons. The Morgan fingerprint density at radius 1 is 1.15 bits per heavy atom. The topological polar surface area (TPSA) is 75.6 Å². The normalized spacial score (nSPS) is 26.8. The first kappa shape index (κ1) is 17.5. The fourth-order valence-corrected chi connectivity index (χ4v) is 6.57. The Morgan fingerprint density at radius 3 is 2.74 bits per heavy atom. The molecule has 2 aromatic rings. The minimum absolute atomic E-state index is 0.0282. The van der Waals surface area contributed by atoms with Gasteiger partial charge in [0, 0.05) is 44.6 Å². The van der Waals surface area contributed by atoms with Crippen molar-refractivity contribution in [1.82, 2.24) is 19.2 Å². The van der Waals surface area contributed by atoms with Gasteiger partial charge in [-0.25, -0.2) is 13.4 Å². The van der Waals surface area contributed by atoms with E-state index in [-0.39, 0.29) is 12.1 Å². The van der Waals surface area contributed by atoms with Crippen LogP contribution in [0.2, 0.25) is 0 Å². The fourth-order valence-electron chi connectivity index (χ4n) is 3.96. The molecule has 7 nitrogen and oxygen atoms in total. The molecule has 0 bridgehead atoms. The van der Waals surface area contributed by atoms with Crippen LogP contribution < -0.4 is 4.74 Å². The number of sulfonamides is 1. The van der Waals surface area contributed by atoms with Crippen LogP contribution in [0.5, 0.6) is 5.88 Å². The Hall–Kier alpha value is -1.55. The highest BCUT2D eigenvalue weighted by Crippen LogP contribution is 2.38. The summed E-state index contributed by atoms with van der Waals surface area (Å²) in [5.41, 5.74) is 1.06. The molecule has 0 aromatic carbocycles. The number of nitrogens with zero attached hydrogens (tertiary/aromatic N) is 4. The number of aromatic nitrogens is 2. The van der Waals surface area contributed by atoms with Crippen LogP contribution in [0.15, 0.2) is 34.1 Å². The van der Waals surface area contributed by atoms with Gasteiger partial charge in [0.1, 0.15) is 10.3 Å². The third kappa shape index (κ3) is 3.49. The van der Waals surface area contributed by atoms with Gasteiger partial charge in [-0.15, -0.1) is 11.3 Å². The summed E-state index contributed by atoms with van der Waals surface area (Å²) in [6.45, 7) is 2.59. The third-order valence-corrected chi connectivity index (χ3v) is 8.80. The van der Waals surface area contributed by atoms with Crippen LogP contribution >= 0.6 is 11.3 Å². The highest BCUT2D eigenvalue weighted by atomic mass is 32.2. The number of thiophene rings is 1. The van der Waals surface area contributed by atoms with Gasteiger partial charge in [0.15, 0.2) is 0 Å². The summed E-state index contributed by atoms with van der Waals surface area (Å²) in [7, 11) is -3.38. The fraction of sp³-hybridized carbons (Fsp3) is 0.556. The van der Waals surface area contributed by atoms with E-state index >= 15 is 0 Å². The molecule has 0 amide bonds. The van der Waals surface area contributed by atoms with Crippen LogP contribution in [-0.2, 0) is 10.0 Å². The monoisotopic (exact) mass is 406 g/mol. The smallest absolute Gasteiger partial charge is 0.252 e. The van der Waals surface area contributed by atoms with Crippen molar-refractivity contribution < 1.29 is 13.2 Å². The number of piperazine rings is 1. The Bertz CT molecular complexity index is 897. The first-order valence-electron chi connectivity index (χ1n) is 9.36. The van der Waals surface area contributed by atoms with Gasteiger partial charge in [-0.05, 0) is 24.3 Å². The van der Waals surface area contributed by atoms with Crippen LogP contribution in [0.1, 0.15) is 30.9 Å². The van der Waals surface area contributed by atoms with Crippen LogP contribution in [-0.4, -0.2) is 65.9 Å². The van der Waals surface area contributed by atoms with E-state index in [1.54, 1.807) is 28.0 Å². The number of fused-ring (bicyclic) bond motifs is 1. The van der Waals surface area contributed by atoms with E-state index in [1.165, 1.54) is 24.2 Å². The zero-order chi connectivity index (χ0) is 18.4. The summed E-state index contributed by atoms with van der Waals surface area (Å²) in [4.78, 5) is 11.2. The van der Waals surface area contributed by atoms with Gasteiger partial charge >= 0.3 is 0 Å². The van der Waals surface area contributed by atoms with Crippen molar-refractivity contribution in [3.05, 3.63) is 35.6 Å². The van der Waals surface area contributed by atoms with Crippen molar-refractivity contribution in [1.29, 1.82) is 0 Å². The third-order valence-electron chi connectivity index (χ3n) is 5.56. The van der Waals surface area contributed by atoms with E-state index in [2.05, 4.69) is 14.9 Å². The Balaban J connectivity index is 1.22. The number of hydrogen-bond acceptors (Lipinski definition) is 7. The summed E-state index contributed by atoms with van der Waals surface area (Å²) < 4.78 is 33.6. The molecule has 0 spiro atoms. The summed E-state index contributed by atoms with van der Waals surface area (Å²) in [6.07, 6.45) is 6.80. The minimum atomic E-state index is -3.38. The van der Waals surface area contributed by atoms with Gasteiger partial charge in [0.2, 0.25) is 5.88 Å². The van der Waals surface area contributed by atoms with Crippen molar-refractivity contribution >= 4 is 21.4 Å². The maximum atomic E-state index is 12.8. The quantitative estimate of drug-likeness (QED) is 0.755. The second kappa shape index (κ2) is 6.80. The van der Waals surface area contributed by atoms with Gasteiger partial charge in [0.25, 0.3) is 10.0 Å². The molecular formula is C18H22N4O3S2. The molecule has 2 aromatic heterocycles.